The number of rotatable bonds is 2. The second kappa shape index (κ2) is 5.89. The third-order valence-corrected chi connectivity index (χ3v) is 1.42. The Kier molecular flexibility index (Phi) is 5.54. The van der Waals surface area contributed by atoms with Crippen molar-refractivity contribution in [2.24, 2.45) is 5.41 Å². The van der Waals surface area contributed by atoms with Crippen LogP contribution in [-0.2, 0) is 0 Å². The van der Waals surface area contributed by atoms with Crippen LogP contribution in [0.25, 0.3) is 0 Å². The van der Waals surface area contributed by atoms with E-state index in [-0.39, 0.29) is 5.41 Å². The molecule has 0 aliphatic rings. The predicted molar refractivity (Wildman–Crippen MR) is 55.9 cm³/mol. The van der Waals surface area contributed by atoms with Crippen LogP contribution in [0.4, 0.5) is 0 Å². The van der Waals surface area contributed by atoms with Gasteiger partial charge < -0.3 is 0 Å². The van der Waals surface area contributed by atoms with Crippen LogP contribution >= 0.6 is 0 Å². The topological polar surface area (TPSA) is 0 Å². The SMILES string of the molecule is CCCCC#C/C=C/C(C)(C)C. The molecule has 0 radical (unpaired) electrons. The highest BCUT2D eigenvalue weighted by Gasteiger charge is 2.01. The van der Waals surface area contributed by atoms with E-state index in [2.05, 4.69) is 45.6 Å². The van der Waals surface area contributed by atoms with Gasteiger partial charge in [0, 0.05) is 6.42 Å². The largest absolute Gasteiger partial charge is 0.0985 e. The normalized spacial score (nSPS) is 11.3. The van der Waals surface area contributed by atoms with Crippen LogP contribution in [0.2, 0.25) is 0 Å². The molecule has 0 aromatic heterocycles. The van der Waals surface area contributed by atoms with E-state index < -0.39 is 0 Å². The van der Waals surface area contributed by atoms with Gasteiger partial charge in [-0.3, -0.25) is 0 Å². The molecule has 0 atom stereocenters. The molecule has 0 nitrogen and oxygen atoms in total. The predicted octanol–water partition coefficient (Wildman–Crippen LogP) is 3.78. The number of allylic oxidation sites excluding steroid dienone is 2. The number of hydrogen-bond acceptors (Lipinski definition) is 0. The van der Waals surface area contributed by atoms with Gasteiger partial charge in [-0.15, -0.1) is 0 Å². The van der Waals surface area contributed by atoms with E-state index in [1.54, 1.807) is 0 Å². The molecule has 0 aliphatic heterocycles. The molecule has 0 bridgehead atoms. The molecule has 0 amide bonds. The highest BCUT2D eigenvalue weighted by molar-refractivity contribution is 5.16. The first-order valence-corrected chi connectivity index (χ1v) is 4.72. The summed E-state index contributed by atoms with van der Waals surface area (Å²) in [6, 6.07) is 0. The Bertz CT molecular complexity index is 180. The molecule has 0 saturated carbocycles. The lowest BCUT2D eigenvalue weighted by Crippen LogP contribution is -1.97. The fourth-order valence-corrected chi connectivity index (χ4v) is 0.688. The molecule has 12 heavy (non-hydrogen) atoms. The summed E-state index contributed by atoms with van der Waals surface area (Å²) in [7, 11) is 0. The van der Waals surface area contributed by atoms with Crippen LogP contribution in [0.5, 0.6) is 0 Å². The van der Waals surface area contributed by atoms with Crippen molar-refractivity contribution in [2.45, 2.75) is 47.0 Å². The molecule has 0 heteroatoms. The van der Waals surface area contributed by atoms with Gasteiger partial charge >= 0.3 is 0 Å². The van der Waals surface area contributed by atoms with E-state index in [0.29, 0.717) is 0 Å². The second-order valence-corrected chi connectivity index (χ2v) is 4.12. The van der Waals surface area contributed by atoms with Gasteiger partial charge in [-0.05, 0) is 17.9 Å². The molecular formula is C12H20. The minimum absolute atomic E-state index is 0.263. The average Bonchev–Trinajstić information content (AvgIpc) is 1.94. The minimum Gasteiger partial charge on any atom is -0.0985 e. The van der Waals surface area contributed by atoms with Crippen molar-refractivity contribution in [2.75, 3.05) is 0 Å². The second-order valence-electron chi connectivity index (χ2n) is 4.12. The molecule has 0 aliphatic carbocycles. The Morgan fingerprint density at radius 3 is 2.42 bits per heavy atom. The summed E-state index contributed by atoms with van der Waals surface area (Å²) in [5.74, 6) is 6.17. The smallest absolute Gasteiger partial charge is 0.00921 e. The van der Waals surface area contributed by atoms with Crippen LogP contribution < -0.4 is 0 Å². The lowest BCUT2D eigenvalue weighted by Gasteiger charge is -2.09. The van der Waals surface area contributed by atoms with Gasteiger partial charge in [0.1, 0.15) is 0 Å². The minimum atomic E-state index is 0.263. The Balaban J connectivity index is 3.63. The maximum absolute atomic E-state index is 3.12. The first-order chi connectivity index (χ1) is 5.56. The summed E-state index contributed by atoms with van der Waals surface area (Å²) >= 11 is 0. The number of hydrogen-bond donors (Lipinski definition) is 0. The fourth-order valence-electron chi connectivity index (χ4n) is 0.688. The van der Waals surface area contributed by atoms with Crippen LogP contribution in [0.1, 0.15) is 47.0 Å². The third-order valence-electron chi connectivity index (χ3n) is 1.42. The van der Waals surface area contributed by atoms with E-state index in [1.165, 1.54) is 12.8 Å². The van der Waals surface area contributed by atoms with Gasteiger partial charge in [0.2, 0.25) is 0 Å². The summed E-state index contributed by atoms with van der Waals surface area (Å²) in [6.45, 7) is 8.72. The third kappa shape index (κ3) is 9.30. The van der Waals surface area contributed by atoms with Gasteiger partial charge in [0.15, 0.2) is 0 Å². The summed E-state index contributed by atoms with van der Waals surface area (Å²) in [6.07, 6.45) is 7.60. The zero-order valence-corrected chi connectivity index (χ0v) is 8.78. The molecule has 0 aromatic rings. The first-order valence-electron chi connectivity index (χ1n) is 4.72. The Labute approximate surface area is 77.1 Å². The number of unbranched alkanes of at least 4 members (excludes halogenated alkanes) is 2. The van der Waals surface area contributed by atoms with Crippen LogP contribution in [0.15, 0.2) is 12.2 Å². The molecule has 68 valence electrons. The van der Waals surface area contributed by atoms with Crippen molar-refractivity contribution in [1.82, 2.24) is 0 Å². The maximum atomic E-state index is 3.12. The van der Waals surface area contributed by atoms with Crippen LogP contribution in [0, 0.1) is 17.3 Å². The zero-order valence-electron chi connectivity index (χ0n) is 8.78. The molecule has 0 rings (SSSR count). The molecule has 0 spiro atoms. The van der Waals surface area contributed by atoms with Crippen LogP contribution in [-0.4, -0.2) is 0 Å². The highest BCUT2D eigenvalue weighted by Crippen LogP contribution is 2.13. The molecule has 0 fully saturated rings. The maximum Gasteiger partial charge on any atom is 0.00921 e. The Morgan fingerprint density at radius 2 is 1.92 bits per heavy atom. The van der Waals surface area contributed by atoms with Gasteiger partial charge in [-0.1, -0.05) is 52.0 Å². The van der Waals surface area contributed by atoms with Crippen molar-refractivity contribution in [1.29, 1.82) is 0 Å². The monoisotopic (exact) mass is 164 g/mol. The fraction of sp³-hybridized carbons (Fsp3) is 0.667. The average molecular weight is 164 g/mol. The molecule has 0 unspecified atom stereocenters. The van der Waals surface area contributed by atoms with Crippen molar-refractivity contribution in [3.8, 4) is 11.8 Å². The van der Waals surface area contributed by atoms with E-state index >= 15 is 0 Å². The van der Waals surface area contributed by atoms with E-state index in [4.69, 9.17) is 0 Å². The quantitative estimate of drug-likeness (QED) is 0.430. The van der Waals surface area contributed by atoms with Gasteiger partial charge in [-0.2, -0.15) is 0 Å². The lowest BCUT2D eigenvalue weighted by atomic mass is 9.96. The molecule has 0 heterocycles. The summed E-state index contributed by atoms with van der Waals surface area (Å²) < 4.78 is 0. The van der Waals surface area contributed by atoms with E-state index in [9.17, 15) is 0 Å². The van der Waals surface area contributed by atoms with Gasteiger partial charge in [0.25, 0.3) is 0 Å². The highest BCUT2D eigenvalue weighted by atomic mass is 14.1. The van der Waals surface area contributed by atoms with E-state index in [0.717, 1.165) is 6.42 Å². The Morgan fingerprint density at radius 1 is 1.25 bits per heavy atom. The first kappa shape index (κ1) is 11.3. The van der Waals surface area contributed by atoms with Gasteiger partial charge in [-0.25, -0.2) is 0 Å². The van der Waals surface area contributed by atoms with Crippen LogP contribution in [0.3, 0.4) is 0 Å². The van der Waals surface area contributed by atoms with Crippen molar-refractivity contribution >= 4 is 0 Å². The van der Waals surface area contributed by atoms with Crippen molar-refractivity contribution in [3.63, 3.8) is 0 Å². The summed E-state index contributed by atoms with van der Waals surface area (Å²) in [5.41, 5.74) is 0.263. The standard InChI is InChI=1S/C12H20/c1-5-6-7-8-9-10-11-12(2,3)4/h10-11H,5-7H2,1-4H3/b11-10+. The van der Waals surface area contributed by atoms with Gasteiger partial charge in [0.05, 0.1) is 0 Å². The molecule has 0 saturated heterocycles. The van der Waals surface area contributed by atoms with Crippen molar-refractivity contribution in [3.05, 3.63) is 12.2 Å². The molecular weight excluding hydrogens is 144 g/mol. The summed E-state index contributed by atoms with van der Waals surface area (Å²) in [4.78, 5) is 0. The Hall–Kier alpha value is -0.700. The zero-order chi connectivity index (χ0) is 9.45. The van der Waals surface area contributed by atoms with E-state index in [1.807, 2.05) is 6.08 Å². The molecule has 0 N–H and O–H groups in total. The molecule has 0 aromatic carbocycles. The summed E-state index contributed by atoms with van der Waals surface area (Å²) in [5, 5.41) is 0. The van der Waals surface area contributed by atoms with Crippen molar-refractivity contribution < 1.29 is 0 Å². The lowest BCUT2D eigenvalue weighted by molar-refractivity contribution is 0.544.